The van der Waals surface area contributed by atoms with Crippen LogP contribution in [-0.2, 0) is 6.42 Å². The lowest BCUT2D eigenvalue weighted by molar-refractivity contribution is 0.317. The van der Waals surface area contributed by atoms with Crippen molar-refractivity contribution in [3.05, 3.63) is 24.0 Å². The Balaban J connectivity index is 2.33. The quantitative estimate of drug-likeness (QED) is 0.742. The highest BCUT2D eigenvalue weighted by Gasteiger charge is 2.00. The number of thioether (sulfide) groups is 1. The minimum Gasteiger partial charge on any atom is -0.492 e. The van der Waals surface area contributed by atoms with Crippen LogP contribution in [0.1, 0.15) is 19.0 Å². The van der Waals surface area contributed by atoms with Crippen molar-refractivity contribution in [3.63, 3.8) is 0 Å². The lowest BCUT2D eigenvalue weighted by Crippen LogP contribution is -2.18. The molecule has 0 aliphatic heterocycles. The molecule has 1 unspecified atom stereocenters. The van der Waals surface area contributed by atoms with Crippen LogP contribution in [0.3, 0.4) is 0 Å². The van der Waals surface area contributed by atoms with Crippen molar-refractivity contribution in [1.29, 1.82) is 0 Å². The molecular formula is C12H20N2OS. The first-order valence-electron chi connectivity index (χ1n) is 5.54. The van der Waals surface area contributed by atoms with Crippen molar-refractivity contribution in [2.24, 2.45) is 5.73 Å². The minimum atomic E-state index is 0.154. The predicted molar refractivity (Wildman–Crippen MR) is 70.1 cm³/mol. The molecule has 3 nitrogen and oxygen atoms in total. The van der Waals surface area contributed by atoms with E-state index < -0.39 is 0 Å². The molecular weight excluding hydrogens is 220 g/mol. The third-order valence-corrected chi connectivity index (χ3v) is 2.79. The molecule has 0 spiro atoms. The molecule has 1 aromatic rings. The van der Waals surface area contributed by atoms with Crippen LogP contribution in [-0.4, -0.2) is 29.6 Å². The normalized spacial score (nSPS) is 12.4. The Kier molecular flexibility index (Phi) is 6.26. The van der Waals surface area contributed by atoms with Crippen LogP contribution in [0.2, 0.25) is 0 Å². The van der Waals surface area contributed by atoms with E-state index in [0.29, 0.717) is 0 Å². The summed E-state index contributed by atoms with van der Waals surface area (Å²) in [6, 6.07) is 4.10. The van der Waals surface area contributed by atoms with Crippen LogP contribution in [0.25, 0.3) is 0 Å². The van der Waals surface area contributed by atoms with Gasteiger partial charge in [0, 0.05) is 18.2 Å². The summed E-state index contributed by atoms with van der Waals surface area (Å²) in [5.41, 5.74) is 6.72. The number of rotatable bonds is 7. The third-order valence-electron chi connectivity index (χ3n) is 2.09. The predicted octanol–water partition coefficient (Wildman–Crippen LogP) is 2.10. The summed E-state index contributed by atoms with van der Waals surface area (Å²) in [7, 11) is 0. The molecule has 0 aliphatic carbocycles. The molecule has 0 amide bonds. The first kappa shape index (κ1) is 13.3. The molecule has 1 aromatic heterocycles. The number of ether oxygens (including phenoxy) is 1. The SMILES string of the molecule is CSCCCOc1ccc(CC(C)N)nc1. The number of hydrogen-bond donors (Lipinski definition) is 1. The number of pyridine rings is 1. The van der Waals surface area contributed by atoms with Crippen LogP contribution in [0.5, 0.6) is 5.75 Å². The molecule has 90 valence electrons. The van der Waals surface area contributed by atoms with Gasteiger partial charge in [0.2, 0.25) is 0 Å². The summed E-state index contributed by atoms with van der Waals surface area (Å²) in [5.74, 6) is 1.98. The molecule has 0 bridgehead atoms. The van der Waals surface area contributed by atoms with Crippen molar-refractivity contribution in [1.82, 2.24) is 4.98 Å². The maximum atomic E-state index is 5.70. The van der Waals surface area contributed by atoms with E-state index in [1.54, 1.807) is 6.20 Å². The van der Waals surface area contributed by atoms with E-state index in [0.717, 1.165) is 36.6 Å². The maximum Gasteiger partial charge on any atom is 0.137 e. The zero-order valence-corrected chi connectivity index (χ0v) is 10.8. The van der Waals surface area contributed by atoms with Gasteiger partial charge in [-0.05, 0) is 37.5 Å². The van der Waals surface area contributed by atoms with E-state index in [2.05, 4.69) is 11.2 Å². The van der Waals surface area contributed by atoms with Crippen LogP contribution in [0, 0.1) is 0 Å². The maximum absolute atomic E-state index is 5.70. The zero-order valence-electron chi connectivity index (χ0n) is 9.98. The fourth-order valence-electron chi connectivity index (χ4n) is 1.34. The first-order valence-corrected chi connectivity index (χ1v) is 6.94. The van der Waals surface area contributed by atoms with E-state index in [9.17, 15) is 0 Å². The van der Waals surface area contributed by atoms with E-state index in [4.69, 9.17) is 10.5 Å². The number of nitrogens with two attached hydrogens (primary N) is 1. The lowest BCUT2D eigenvalue weighted by Gasteiger charge is -2.07. The van der Waals surface area contributed by atoms with Gasteiger partial charge in [0.1, 0.15) is 5.75 Å². The highest BCUT2D eigenvalue weighted by atomic mass is 32.2. The van der Waals surface area contributed by atoms with Gasteiger partial charge < -0.3 is 10.5 Å². The Morgan fingerprint density at radius 3 is 2.88 bits per heavy atom. The van der Waals surface area contributed by atoms with E-state index >= 15 is 0 Å². The third kappa shape index (κ3) is 5.37. The first-order chi connectivity index (χ1) is 7.72. The summed E-state index contributed by atoms with van der Waals surface area (Å²) in [5, 5.41) is 0. The standard InChI is InChI=1S/C12H20N2OS/c1-10(13)8-11-4-5-12(9-14-11)15-6-3-7-16-2/h4-5,9-10H,3,6-8,13H2,1-2H3. The van der Waals surface area contributed by atoms with Crippen molar-refractivity contribution < 1.29 is 4.74 Å². The zero-order chi connectivity index (χ0) is 11.8. The largest absolute Gasteiger partial charge is 0.492 e. The van der Waals surface area contributed by atoms with Crippen molar-refractivity contribution in [2.45, 2.75) is 25.8 Å². The minimum absolute atomic E-state index is 0.154. The summed E-state index contributed by atoms with van der Waals surface area (Å²) in [6.07, 6.45) is 5.76. The second-order valence-corrected chi connectivity index (χ2v) is 4.85. The molecule has 1 rings (SSSR count). The highest BCUT2D eigenvalue weighted by Crippen LogP contribution is 2.10. The topological polar surface area (TPSA) is 48.1 Å². The van der Waals surface area contributed by atoms with Crippen molar-refractivity contribution in [3.8, 4) is 5.75 Å². The molecule has 2 N–H and O–H groups in total. The summed E-state index contributed by atoms with van der Waals surface area (Å²) < 4.78 is 5.56. The Morgan fingerprint density at radius 1 is 1.50 bits per heavy atom. The summed E-state index contributed by atoms with van der Waals surface area (Å²) >= 11 is 1.84. The van der Waals surface area contributed by atoms with Gasteiger partial charge in [-0.3, -0.25) is 4.98 Å². The summed E-state index contributed by atoms with van der Waals surface area (Å²) in [4.78, 5) is 4.31. The second kappa shape index (κ2) is 7.52. The van der Waals surface area contributed by atoms with Crippen molar-refractivity contribution in [2.75, 3.05) is 18.6 Å². The van der Waals surface area contributed by atoms with Gasteiger partial charge in [0.05, 0.1) is 12.8 Å². The van der Waals surface area contributed by atoms with Gasteiger partial charge in [-0.15, -0.1) is 0 Å². The smallest absolute Gasteiger partial charge is 0.137 e. The van der Waals surface area contributed by atoms with Gasteiger partial charge in [-0.2, -0.15) is 11.8 Å². The summed E-state index contributed by atoms with van der Waals surface area (Å²) in [6.45, 7) is 2.74. The Labute approximate surface area is 102 Å². The van der Waals surface area contributed by atoms with Crippen LogP contribution >= 0.6 is 11.8 Å². The Bertz CT molecular complexity index is 288. The molecule has 0 aromatic carbocycles. The Morgan fingerprint density at radius 2 is 2.31 bits per heavy atom. The van der Waals surface area contributed by atoms with Gasteiger partial charge in [0.25, 0.3) is 0 Å². The number of nitrogens with zero attached hydrogens (tertiary/aromatic N) is 1. The van der Waals surface area contributed by atoms with E-state index in [1.807, 2.05) is 30.8 Å². The lowest BCUT2D eigenvalue weighted by atomic mass is 10.2. The molecule has 0 aliphatic rings. The molecule has 0 saturated carbocycles. The molecule has 1 atom stereocenters. The average Bonchev–Trinajstić information content (AvgIpc) is 2.26. The molecule has 16 heavy (non-hydrogen) atoms. The van der Waals surface area contributed by atoms with Gasteiger partial charge in [-0.25, -0.2) is 0 Å². The van der Waals surface area contributed by atoms with Crippen molar-refractivity contribution >= 4 is 11.8 Å². The van der Waals surface area contributed by atoms with Crippen LogP contribution in [0.4, 0.5) is 0 Å². The average molecular weight is 240 g/mol. The number of hydrogen-bond acceptors (Lipinski definition) is 4. The monoisotopic (exact) mass is 240 g/mol. The number of aromatic nitrogens is 1. The fraction of sp³-hybridized carbons (Fsp3) is 0.583. The molecule has 0 fully saturated rings. The molecule has 1 heterocycles. The van der Waals surface area contributed by atoms with Crippen LogP contribution < -0.4 is 10.5 Å². The highest BCUT2D eigenvalue weighted by molar-refractivity contribution is 7.98. The van der Waals surface area contributed by atoms with Crippen LogP contribution in [0.15, 0.2) is 18.3 Å². The van der Waals surface area contributed by atoms with E-state index in [-0.39, 0.29) is 6.04 Å². The molecule has 0 saturated heterocycles. The molecule has 4 heteroatoms. The Hall–Kier alpha value is -0.740. The van der Waals surface area contributed by atoms with Gasteiger partial charge in [-0.1, -0.05) is 0 Å². The van der Waals surface area contributed by atoms with E-state index in [1.165, 1.54) is 0 Å². The fourth-order valence-corrected chi connectivity index (χ4v) is 1.75. The van der Waals surface area contributed by atoms with Gasteiger partial charge in [0.15, 0.2) is 0 Å². The van der Waals surface area contributed by atoms with Gasteiger partial charge >= 0.3 is 0 Å². The molecule has 0 radical (unpaired) electrons. The second-order valence-electron chi connectivity index (χ2n) is 3.86.